The highest BCUT2D eigenvalue weighted by molar-refractivity contribution is 6.32. The van der Waals surface area contributed by atoms with Gasteiger partial charge in [-0.3, -0.25) is 0 Å². The van der Waals surface area contributed by atoms with E-state index < -0.39 is 0 Å². The van der Waals surface area contributed by atoms with Crippen LogP contribution in [0.4, 0.5) is 0 Å². The fourth-order valence-corrected chi connectivity index (χ4v) is 1.76. The van der Waals surface area contributed by atoms with Crippen LogP contribution in [0.25, 0.3) is 0 Å². The van der Waals surface area contributed by atoms with Crippen LogP contribution in [0.3, 0.4) is 0 Å². The zero-order valence-electron chi connectivity index (χ0n) is 7.95. The fourth-order valence-electron chi connectivity index (χ4n) is 1.58. The van der Waals surface area contributed by atoms with E-state index in [1.807, 2.05) is 24.3 Å². The number of ether oxygens (including phenoxy) is 1. The van der Waals surface area contributed by atoms with Crippen molar-refractivity contribution in [3.63, 3.8) is 0 Å². The van der Waals surface area contributed by atoms with Gasteiger partial charge in [-0.05, 0) is 37.5 Å². The third-order valence-electron chi connectivity index (χ3n) is 2.33. The smallest absolute Gasteiger partial charge is 0.138 e. The first kappa shape index (κ1) is 9.60. The molecule has 1 atom stereocenters. The topological polar surface area (TPSA) is 9.23 Å². The molecule has 0 fully saturated rings. The molecule has 0 saturated carbocycles. The Hall–Kier alpha value is -0.950. The van der Waals surface area contributed by atoms with Gasteiger partial charge < -0.3 is 4.74 Å². The van der Waals surface area contributed by atoms with Crippen molar-refractivity contribution in [3.05, 3.63) is 41.4 Å². The number of rotatable bonds is 2. The van der Waals surface area contributed by atoms with Gasteiger partial charge in [-0.2, -0.15) is 0 Å². The van der Waals surface area contributed by atoms with Crippen LogP contribution in [0.5, 0.6) is 5.75 Å². The summed E-state index contributed by atoms with van der Waals surface area (Å²) in [5.41, 5.74) is 0. The summed E-state index contributed by atoms with van der Waals surface area (Å²) >= 11 is 5.99. The predicted molar refractivity (Wildman–Crippen MR) is 58.9 cm³/mol. The van der Waals surface area contributed by atoms with E-state index in [9.17, 15) is 0 Å². The molecule has 1 aliphatic carbocycles. The second kappa shape index (κ2) is 4.52. The van der Waals surface area contributed by atoms with Gasteiger partial charge in [-0.25, -0.2) is 0 Å². The molecule has 0 N–H and O–H groups in total. The van der Waals surface area contributed by atoms with Gasteiger partial charge >= 0.3 is 0 Å². The Balaban J connectivity index is 2.06. The number of halogens is 1. The Morgan fingerprint density at radius 2 is 2.14 bits per heavy atom. The van der Waals surface area contributed by atoms with Crippen LogP contribution in [0.15, 0.2) is 36.4 Å². The third-order valence-corrected chi connectivity index (χ3v) is 2.64. The van der Waals surface area contributed by atoms with Crippen LogP contribution in [0.1, 0.15) is 19.3 Å². The van der Waals surface area contributed by atoms with E-state index in [4.69, 9.17) is 16.3 Å². The van der Waals surface area contributed by atoms with Gasteiger partial charge in [0.15, 0.2) is 0 Å². The Labute approximate surface area is 89.3 Å². The Morgan fingerprint density at radius 1 is 1.29 bits per heavy atom. The highest BCUT2D eigenvalue weighted by Crippen LogP contribution is 2.26. The summed E-state index contributed by atoms with van der Waals surface area (Å²) in [6.07, 6.45) is 7.94. The Morgan fingerprint density at radius 3 is 2.86 bits per heavy atom. The molecule has 14 heavy (non-hydrogen) atoms. The van der Waals surface area contributed by atoms with Crippen molar-refractivity contribution in [1.29, 1.82) is 0 Å². The Bertz CT molecular complexity index is 333. The molecule has 0 bridgehead atoms. The highest BCUT2D eigenvalue weighted by Gasteiger charge is 2.10. The molecule has 0 amide bonds. The normalized spacial score (nSPS) is 20.8. The zero-order chi connectivity index (χ0) is 9.80. The fraction of sp³-hybridized carbons (Fsp3) is 0.333. The molecule has 0 radical (unpaired) electrons. The van der Waals surface area contributed by atoms with E-state index in [-0.39, 0.29) is 6.10 Å². The van der Waals surface area contributed by atoms with Gasteiger partial charge in [0.2, 0.25) is 0 Å². The molecule has 1 aliphatic rings. The minimum Gasteiger partial charge on any atom is -0.485 e. The van der Waals surface area contributed by atoms with Crippen LogP contribution >= 0.6 is 11.6 Å². The van der Waals surface area contributed by atoms with E-state index in [1.54, 1.807) is 0 Å². The number of hydrogen-bond donors (Lipinski definition) is 0. The summed E-state index contributed by atoms with van der Waals surface area (Å²) in [4.78, 5) is 0. The van der Waals surface area contributed by atoms with E-state index in [2.05, 4.69) is 12.2 Å². The van der Waals surface area contributed by atoms with Crippen molar-refractivity contribution in [2.45, 2.75) is 25.4 Å². The molecule has 2 heteroatoms. The molecule has 74 valence electrons. The monoisotopic (exact) mass is 208 g/mol. The summed E-state index contributed by atoms with van der Waals surface area (Å²) in [5, 5.41) is 0.687. The van der Waals surface area contributed by atoms with Crippen molar-refractivity contribution in [3.8, 4) is 5.75 Å². The first-order chi connectivity index (χ1) is 6.86. The van der Waals surface area contributed by atoms with Crippen LogP contribution in [0, 0.1) is 0 Å². The van der Waals surface area contributed by atoms with E-state index in [0.29, 0.717) is 5.02 Å². The van der Waals surface area contributed by atoms with Crippen LogP contribution in [0.2, 0.25) is 5.02 Å². The quantitative estimate of drug-likeness (QED) is 0.672. The summed E-state index contributed by atoms with van der Waals surface area (Å²) < 4.78 is 5.77. The molecule has 1 nitrogen and oxygen atoms in total. The van der Waals surface area contributed by atoms with Crippen LogP contribution in [-0.2, 0) is 0 Å². The lowest BCUT2D eigenvalue weighted by Crippen LogP contribution is -2.15. The lowest BCUT2D eigenvalue weighted by Gasteiger charge is -2.18. The largest absolute Gasteiger partial charge is 0.485 e. The molecular weight excluding hydrogens is 196 g/mol. The van der Waals surface area contributed by atoms with Crippen LogP contribution < -0.4 is 4.74 Å². The zero-order valence-corrected chi connectivity index (χ0v) is 8.70. The molecule has 1 unspecified atom stereocenters. The van der Waals surface area contributed by atoms with Crippen molar-refractivity contribution in [2.24, 2.45) is 0 Å². The summed E-state index contributed by atoms with van der Waals surface area (Å²) in [6, 6.07) is 7.61. The van der Waals surface area contributed by atoms with Crippen molar-refractivity contribution in [1.82, 2.24) is 0 Å². The third kappa shape index (κ3) is 2.30. The van der Waals surface area contributed by atoms with Gasteiger partial charge in [0.1, 0.15) is 11.9 Å². The Kier molecular flexibility index (Phi) is 3.10. The van der Waals surface area contributed by atoms with Gasteiger partial charge in [0.05, 0.1) is 5.02 Å². The van der Waals surface area contributed by atoms with Crippen molar-refractivity contribution in [2.75, 3.05) is 0 Å². The SMILES string of the molecule is Clc1ccccc1OC1C=CCCC1. The van der Waals surface area contributed by atoms with Crippen molar-refractivity contribution >= 4 is 11.6 Å². The molecular formula is C12H13ClO. The molecule has 0 saturated heterocycles. The summed E-state index contributed by atoms with van der Waals surface area (Å²) in [6.45, 7) is 0. The molecule has 1 aromatic rings. The summed E-state index contributed by atoms with van der Waals surface area (Å²) in [7, 11) is 0. The van der Waals surface area contributed by atoms with Gasteiger partial charge in [-0.15, -0.1) is 0 Å². The lowest BCUT2D eigenvalue weighted by atomic mass is 10.1. The molecule has 0 aromatic heterocycles. The highest BCUT2D eigenvalue weighted by atomic mass is 35.5. The lowest BCUT2D eigenvalue weighted by molar-refractivity contribution is 0.230. The minimum absolute atomic E-state index is 0.198. The standard InChI is InChI=1S/C12H13ClO/c13-11-8-4-5-9-12(11)14-10-6-2-1-3-7-10/h2,4-6,8-10H,1,3,7H2. The maximum atomic E-state index is 5.99. The average molecular weight is 209 g/mol. The molecule has 0 heterocycles. The van der Waals surface area contributed by atoms with Gasteiger partial charge in [-0.1, -0.05) is 29.8 Å². The maximum absolute atomic E-state index is 5.99. The molecule has 0 aliphatic heterocycles. The number of hydrogen-bond acceptors (Lipinski definition) is 1. The first-order valence-corrected chi connectivity index (χ1v) is 5.32. The van der Waals surface area contributed by atoms with E-state index >= 15 is 0 Å². The first-order valence-electron chi connectivity index (χ1n) is 4.94. The van der Waals surface area contributed by atoms with Gasteiger partial charge in [0, 0.05) is 0 Å². The molecule has 1 aromatic carbocycles. The number of allylic oxidation sites excluding steroid dienone is 1. The average Bonchev–Trinajstić information content (AvgIpc) is 2.23. The summed E-state index contributed by atoms with van der Waals surface area (Å²) in [5.74, 6) is 0.783. The van der Waals surface area contributed by atoms with Gasteiger partial charge in [0.25, 0.3) is 0 Å². The second-order valence-corrected chi connectivity index (χ2v) is 3.85. The van der Waals surface area contributed by atoms with E-state index in [0.717, 1.165) is 12.2 Å². The number of para-hydroxylation sites is 1. The molecule has 0 spiro atoms. The van der Waals surface area contributed by atoms with Crippen molar-refractivity contribution < 1.29 is 4.74 Å². The predicted octanol–water partition coefficient (Wildman–Crippen LogP) is 3.83. The maximum Gasteiger partial charge on any atom is 0.138 e. The minimum atomic E-state index is 0.198. The molecule has 2 rings (SSSR count). The number of benzene rings is 1. The second-order valence-electron chi connectivity index (χ2n) is 3.45. The van der Waals surface area contributed by atoms with Crippen LogP contribution in [-0.4, -0.2) is 6.10 Å². The van der Waals surface area contributed by atoms with E-state index in [1.165, 1.54) is 12.8 Å².